The summed E-state index contributed by atoms with van der Waals surface area (Å²) in [6.45, 7) is 19.4. The molecule has 0 spiro atoms. The summed E-state index contributed by atoms with van der Waals surface area (Å²) in [7, 11) is 0. The van der Waals surface area contributed by atoms with Crippen molar-refractivity contribution in [2.45, 2.75) is 86.3 Å². The summed E-state index contributed by atoms with van der Waals surface area (Å²) >= 11 is 0. The molecule has 0 saturated carbocycles. The first-order valence-corrected chi connectivity index (χ1v) is 10.6. The Morgan fingerprint density at radius 1 is 0.867 bits per heavy atom. The molecule has 9 heteroatoms. The Morgan fingerprint density at radius 2 is 1.40 bits per heavy atom. The van der Waals surface area contributed by atoms with E-state index in [1.807, 2.05) is 62.3 Å². The molecule has 0 saturated heterocycles. The average molecular weight is 542 g/mol. The molecule has 0 radical (unpaired) electrons. The van der Waals surface area contributed by atoms with Gasteiger partial charge in [0.05, 0.1) is 12.1 Å². The van der Waals surface area contributed by atoms with Crippen LogP contribution in [0.4, 0.5) is 4.79 Å². The Hall–Kier alpha value is -1.26. The number of aliphatic imine (C=N–C) groups is 1. The molecule has 0 aliphatic carbocycles. The lowest BCUT2D eigenvalue weighted by Crippen LogP contribution is -2.52. The van der Waals surface area contributed by atoms with Gasteiger partial charge < -0.3 is 26.0 Å². The number of amides is 2. The Labute approximate surface area is 200 Å². The molecule has 0 unspecified atom stereocenters. The van der Waals surface area contributed by atoms with Gasteiger partial charge in [-0.1, -0.05) is 34.6 Å². The van der Waals surface area contributed by atoms with Gasteiger partial charge in [0.25, 0.3) is 0 Å². The molecule has 0 heterocycles. The number of carbonyl (C=O) groups is 2. The summed E-state index contributed by atoms with van der Waals surface area (Å²) in [4.78, 5) is 28.9. The maximum atomic E-state index is 12.3. The number of alkyl carbamates (subject to hydrolysis) is 1. The topological polar surface area (TPSA) is 104 Å². The quantitative estimate of drug-likeness (QED) is 0.155. The van der Waals surface area contributed by atoms with Crippen molar-refractivity contribution >= 4 is 41.9 Å². The summed E-state index contributed by atoms with van der Waals surface area (Å²) in [5.74, 6) is 0.661. The van der Waals surface area contributed by atoms with Crippen LogP contribution in [-0.2, 0) is 9.53 Å². The number of nitrogens with one attached hydrogen (secondary N) is 4. The Morgan fingerprint density at radius 3 is 1.83 bits per heavy atom. The van der Waals surface area contributed by atoms with E-state index < -0.39 is 22.6 Å². The molecule has 4 N–H and O–H groups in total. The van der Waals surface area contributed by atoms with Crippen LogP contribution in [0.2, 0.25) is 0 Å². The smallest absolute Gasteiger partial charge is 0.408 e. The second-order valence-corrected chi connectivity index (χ2v) is 9.24. The molecule has 0 aromatic heterocycles. The van der Waals surface area contributed by atoms with E-state index in [-0.39, 0.29) is 29.9 Å². The van der Waals surface area contributed by atoms with Crippen molar-refractivity contribution in [3.05, 3.63) is 0 Å². The van der Waals surface area contributed by atoms with Gasteiger partial charge in [-0.05, 0) is 40.5 Å². The van der Waals surface area contributed by atoms with Crippen molar-refractivity contribution in [2.24, 2.45) is 10.4 Å². The van der Waals surface area contributed by atoms with Crippen LogP contribution < -0.4 is 21.3 Å². The van der Waals surface area contributed by atoms with Crippen LogP contribution in [0.15, 0.2) is 4.99 Å². The highest BCUT2D eigenvalue weighted by Gasteiger charge is 2.30. The summed E-state index contributed by atoms with van der Waals surface area (Å²) in [5, 5.41) is 12.3. The molecule has 0 bridgehead atoms. The number of nitrogens with zero attached hydrogens (tertiary/aromatic N) is 1. The molecule has 30 heavy (non-hydrogen) atoms. The van der Waals surface area contributed by atoms with Crippen molar-refractivity contribution in [1.29, 1.82) is 0 Å². The molecule has 0 aromatic rings. The summed E-state index contributed by atoms with van der Waals surface area (Å²) in [6, 6.07) is 0. The standard InChI is InChI=1S/C21H43N5O3.HI/c1-10-21(11-2,26-18(28)29-20(7,8)9)15-25-17(22-12-3)24-14-13-23-16(27)19(4,5)6;/h10-15H2,1-9H3,(H,23,27)(H,26,28)(H2,22,24,25);1H. The molecule has 0 aliphatic rings. The lowest BCUT2D eigenvalue weighted by Gasteiger charge is -2.32. The van der Waals surface area contributed by atoms with Crippen LogP contribution in [0.1, 0.15) is 75.2 Å². The average Bonchev–Trinajstić information content (AvgIpc) is 2.59. The Kier molecular flexibility index (Phi) is 14.4. The van der Waals surface area contributed by atoms with E-state index in [0.717, 1.165) is 12.8 Å². The van der Waals surface area contributed by atoms with Crippen LogP contribution in [0.3, 0.4) is 0 Å². The van der Waals surface area contributed by atoms with E-state index in [0.29, 0.717) is 32.1 Å². The van der Waals surface area contributed by atoms with E-state index in [2.05, 4.69) is 26.3 Å². The highest BCUT2D eigenvalue weighted by atomic mass is 127. The lowest BCUT2D eigenvalue weighted by atomic mass is 9.93. The fraction of sp³-hybridized carbons (Fsp3) is 0.857. The minimum Gasteiger partial charge on any atom is -0.444 e. The number of rotatable bonds is 9. The first kappa shape index (κ1) is 30.9. The Balaban J connectivity index is 0. The number of ether oxygens (including phenoxy) is 1. The van der Waals surface area contributed by atoms with Crippen LogP contribution >= 0.6 is 24.0 Å². The van der Waals surface area contributed by atoms with E-state index in [1.54, 1.807) is 0 Å². The van der Waals surface area contributed by atoms with E-state index >= 15 is 0 Å². The van der Waals surface area contributed by atoms with E-state index in [4.69, 9.17) is 4.74 Å². The fourth-order valence-electron chi connectivity index (χ4n) is 2.40. The van der Waals surface area contributed by atoms with Crippen LogP contribution in [0.5, 0.6) is 0 Å². The van der Waals surface area contributed by atoms with E-state index in [9.17, 15) is 9.59 Å². The van der Waals surface area contributed by atoms with Gasteiger partial charge in [0, 0.05) is 25.0 Å². The third-order valence-electron chi connectivity index (χ3n) is 4.39. The highest BCUT2D eigenvalue weighted by Crippen LogP contribution is 2.17. The van der Waals surface area contributed by atoms with Crippen LogP contribution in [-0.4, -0.2) is 55.3 Å². The molecule has 0 rings (SSSR count). The Bertz CT molecular complexity index is 550. The molecule has 0 atom stereocenters. The minimum atomic E-state index is -0.547. The third-order valence-corrected chi connectivity index (χ3v) is 4.39. The zero-order valence-corrected chi connectivity index (χ0v) is 22.7. The maximum absolute atomic E-state index is 12.3. The summed E-state index contributed by atoms with van der Waals surface area (Å²) < 4.78 is 5.41. The first-order valence-electron chi connectivity index (χ1n) is 10.6. The number of hydrogen-bond donors (Lipinski definition) is 4. The molecule has 0 fully saturated rings. The van der Waals surface area contributed by atoms with Crippen molar-refractivity contribution in [2.75, 3.05) is 26.2 Å². The van der Waals surface area contributed by atoms with Crippen molar-refractivity contribution in [3.8, 4) is 0 Å². The molecule has 2 amide bonds. The summed E-state index contributed by atoms with van der Waals surface area (Å²) in [6.07, 6.45) is 1.03. The highest BCUT2D eigenvalue weighted by molar-refractivity contribution is 14.0. The second kappa shape index (κ2) is 13.9. The summed E-state index contributed by atoms with van der Waals surface area (Å²) in [5.41, 5.74) is -1.44. The first-order chi connectivity index (χ1) is 13.3. The van der Waals surface area contributed by atoms with Gasteiger partial charge in [-0.3, -0.25) is 9.79 Å². The number of carbonyl (C=O) groups excluding carboxylic acids is 2. The van der Waals surface area contributed by atoms with Gasteiger partial charge in [0.1, 0.15) is 5.60 Å². The monoisotopic (exact) mass is 541 g/mol. The van der Waals surface area contributed by atoms with Crippen molar-refractivity contribution in [1.82, 2.24) is 21.3 Å². The van der Waals surface area contributed by atoms with Gasteiger partial charge in [0.15, 0.2) is 5.96 Å². The molecular weight excluding hydrogens is 497 g/mol. The molecule has 178 valence electrons. The molecule has 0 aliphatic heterocycles. The fourth-order valence-corrected chi connectivity index (χ4v) is 2.40. The maximum Gasteiger partial charge on any atom is 0.408 e. The lowest BCUT2D eigenvalue weighted by molar-refractivity contribution is -0.128. The zero-order chi connectivity index (χ0) is 22.7. The van der Waals surface area contributed by atoms with Crippen molar-refractivity contribution in [3.63, 3.8) is 0 Å². The predicted octanol–water partition coefficient (Wildman–Crippen LogP) is 3.41. The number of hydrogen-bond acceptors (Lipinski definition) is 4. The van der Waals surface area contributed by atoms with Gasteiger partial charge in [0.2, 0.25) is 5.91 Å². The third kappa shape index (κ3) is 13.1. The molecule has 8 nitrogen and oxygen atoms in total. The van der Waals surface area contributed by atoms with Crippen LogP contribution in [0.25, 0.3) is 0 Å². The molecular formula is C21H44IN5O3. The van der Waals surface area contributed by atoms with E-state index in [1.165, 1.54) is 0 Å². The SMILES string of the molecule is CCNC(=NCC(CC)(CC)NC(=O)OC(C)(C)C)NCCNC(=O)C(C)(C)C.I. The molecule has 0 aromatic carbocycles. The van der Waals surface area contributed by atoms with Gasteiger partial charge >= 0.3 is 6.09 Å². The van der Waals surface area contributed by atoms with Crippen LogP contribution in [0, 0.1) is 5.41 Å². The normalized spacial score (nSPS) is 12.5. The largest absolute Gasteiger partial charge is 0.444 e. The number of halogens is 1. The minimum absolute atomic E-state index is 0. The van der Waals surface area contributed by atoms with Gasteiger partial charge in [-0.25, -0.2) is 4.79 Å². The predicted molar refractivity (Wildman–Crippen MR) is 135 cm³/mol. The number of guanidine groups is 1. The second-order valence-electron chi connectivity index (χ2n) is 9.24. The van der Waals surface area contributed by atoms with Gasteiger partial charge in [-0.15, -0.1) is 24.0 Å². The van der Waals surface area contributed by atoms with Gasteiger partial charge in [-0.2, -0.15) is 0 Å². The van der Waals surface area contributed by atoms with Crippen molar-refractivity contribution < 1.29 is 14.3 Å². The zero-order valence-electron chi connectivity index (χ0n) is 20.3.